The molecule has 0 heterocycles. The average Bonchev–Trinajstić information content (AvgIpc) is 2.83. The van der Waals surface area contributed by atoms with Crippen molar-refractivity contribution >= 4 is 27.7 Å². The van der Waals surface area contributed by atoms with Gasteiger partial charge in [0.15, 0.2) is 6.61 Å². The molecule has 2 amide bonds. The molecule has 3 aromatic rings. The number of nitrogens with one attached hydrogen (secondary N) is 1. The molecule has 5 nitrogen and oxygen atoms in total. The minimum absolute atomic E-state index is 0.154. The molecule has 3 aromatic carbocycles. The number of hydrogen-bond donors (Lipinski definition) is 1. The molecule has 0 aliphatic carbocycles. The highest BCUT2D eigenvalue weighted by molar-refractivity contribution is 9.10. The number of benzene rings is 3. The van der Waals surface area contributed by atoms with Crippen molar-refractivity contribution in [2.45, 2.75) is 32.9 Å². The van der Waals surface area contributed by atoms with E-state index in [2.05, 4.69) is 21.2 Å². The Kier molecular flexibility index (Phi) is 9.07. The van der Waals surface area contributed by atoms with Gasteiger partial charge in [0.25, 0.3) is 5.91 Å². The lowest BCUT2D eigenvalue weighted by Gasteiger charge is -2.31. The van der Waals surface area contributed by atoms with Crippen LogP contribution in [0.4, 0.5) is 0 Å². The fourth-order valence-electron chi connectivity index (χ4n) is 3.56. The van der Waals surface area contributed by atoms with E-state index in [0.29, 0.717) is 25.3 Å². The van der Waals surface area contributed by atoms with Crippen LogP contribution in [0.25, 0.3) is 0 Å². The summed E-state index contributed by atoms with van der Waals surface area (Å²) in [6, 6.07) is 24.4. The van der Waals surface area contributed by atoms with E-state index >= 15 is 0 Å². The van der Waals surface area contributed by atoms with E-state index in [-0.39, 0.29) is 18.4 Å². The van der Waals surface area contributed by atoms with Crippen molar-refractivity contribution in [3.63, 3.8) is 0 Å². The zero-order valence-corrected chi connectivity index (χ0v) is 20.5. The second-order valence-corrected chi connectivity index (χ2v) is 8.66. The highest BCUT2D eigenvalue weighted by Gasteiger charge is 2.30. The Hall–Kier alpha value is -3.12. The molecule has 0 fully saturated rings. The molecule has 0 bridgehead atoms. The lowest BCUT2D eigenvalue weighted by atomic mass is 10.0. The number of carbonyl (C=O) groups excluding carboxylic acids is 2. The first-order valence-corrected chi connectivity index (χ1v) is 11.8. The minimum atomic E-state index is -0.657. The summed E-state index contributed by atoms with van der Waals surface area (Å²) in [5.41, 5.74) is 2.96. The van der Waals surface area contributed by atoms with Crippen LogP contribution < -0.4 is 10.1 Å². The predicted octanol–water partition coefficient (Wildman–Crippen LogP) is 4.91. The molecular formula is C27H29BrN2O3. The van der Waals surface area contributed by atoms with Crippen molar-refractivity contribution in [1.29, 1.82) is 0 Å². The van der Waals surface area contributed by atoms with E-state index in [1.165, 1.54) is 0 Å². The topological polar surface area (TPSA) is 58.6 Å². The normalized spacial score (nSPS) is 11.5. The summed E-state index contributed by atoms with van der Waals surface area (Å²) >= 11 is 3.48. The number of carbonyl (C=O) groups is 2. The number of rotatable bonds is 10. The molecule has 0 aliphatic rings. The van der Waals surface area contributed by atoms with E-state index in [1.807, 2.05) is 92.7 Å². The number of aryl methyl sites for hydroxylation is 1. The van der Waals surface area contributed by atoms with Crippen LogP contribution in [0.5, 0.6) is 5.75 Å². The Morgan fingerprint density at radius 2 is 1.61 bits per heavy atom. The number of ether oxygens (including phenoxy) is 1. The van der Waals surface area contributed by atoms with Gasteiger partial charge in [-0.3, -0.25) is 9.59 Å². The lowest BCUT2D eigenvalue weighted by molar-refractivity contribution is -0.142. The van der Waals surface area contributed by atoms with Crippen molar-refractivity contribution in [1.82, 2.24) is 10.2 Å². The van der Waals surface area contributed by atoms with Gasteiger partial charge in [-0.15, -0.1) is 0 Å². The van der Waals surface area contributed by atoms with Crippen molar-refractivity contribution in [3.05, 3.63) is 100 Å². The SMILES string of the molecule is CCNC(=O)C(Cc1ccccc1)N(Cc1ccccc1)C(=O)COc1ccc(Br)c(C)c1. The summed E-state index contributed by atoms with van der Waals surface area (Å²) in [4.78, 5) is 28.1. The highest BCUT2D eigenvalue weighted by Crippen LogP contribution is 2.22. The summed E-state index contributed by atoms with van der Waals surface area (Å²) in [6.45, 7) is 4.49. The zero-order valence-electron chi connectivity index (χ0n) is 19.0. The molecule has 172 valence electrons. The van der Waals surface area contributed by atoms with Crippen LogP contribution in [0.3, 0.4) is 0 Å². The van der Waals surface area contributed by atoms with E-state index in [9.17, 15) is 9.59 Å². The van der Waals surface area contributed by atoms with Gasteiger partial charge >= 0.3 is 0 Å². The molecule has 6 heteroatoms. The quantitative estimate of drug-likeness (QED) is 0.423. The molecule has 1 atom stereocenters. The Morgan fingerprint density at radius 3 is 2.21 bits per heavy atom. The van der Waals surface area contributed by atoms with E-state index < -0.39 is 6.04 Å². The van der Waals surface area contributed by atoms with E-state index in [4.69, 9.17) is 4.74 Å². The Bertz CT molecular complexity index is 1060. The van der Waals surface area contributed by atoms with Crippen LogP contribution in [0, 0.1) is 6.92 Å². The van der Waals surface area contributed by atoms with Crippen LogP contribution in [0.15, 0.2) is 83.3 Å². The first-order valence-electron chi connectivity index (χ1n) is 11.0. The highest BCUT2D eigenvalue weighted by atomic mass is 79.9. The number of halogens is 1. The summed E-state index contributed by atoms with van der Waals surface area (Å²) in [7, 11) is 0. The Balaban J connectivity index is 1.86. The maximum absolute atomic E-state index is 13.4. The van der Waals surface area contributed by atoms with Crippen LogP contribution >= 0.6 is 15.9 Å². The smallest absolute Gasteiger partial charge is 0.261 e. The third kappa shape index (κ3) is 7.19. The van der Waals surface area contributed by atoms with Crippen molar-refractivity contribution < 1.29 is 14.3 Å². The molecular weight excluding hydrogens is 480 g/mol. The molecule has 1 unspecified atom stereocenters. The molecule has 33 heavy (non-hydrogen) atoms. The van der Waals surface area contributed by atoms with Crippen LogP contribution in [-0.2, 0) is 22.6 Å². The maximum atomic E-state index is 13.4. The van der Waals surface area contributed by atoms with Gasteiger partial charge in [-0.25, -0.2) is 0 Å². The maximum Gasteiger partial charge on any atom is 0.261 e. The Morgan fingerprint density at radius 1 is 0.970 bits per heavy atom. The first kappa shape index (κ1) is 24.5. The molecule has 0 saturated heterocycles. The van der Waals surface area contributed by atoms with Crippen molar-refractivity contribution in [2.75, 3.05) is 13.2 Å². The number of nitrogens with zero attached hydrogens (tertiary/aromatic N) is 1. The monoisotopic (exact) mass is 508 g/mol. The van der Waals surface area contributed by atoms with Crippen LogP contribution in [0.1, 0.15) is 23.6 Å². The largest absolute Gasteiger partial charge is 0.484 e. The van der Waals surface area contributed by atoms with Gasteiger partial charge in [0.2, 0.25) is 5.91 Å². The van der Waals surface area contributed by atoms with Gasteiger partial charge in [-0.2, -0.15) is 0 Å². The summed E-state index contributed by atoms with van der Waals surface area (Å²) in [6.07, 6.45) is 0.419. The molecule has 1 N–H and O–H groups in total. The fourth-order valence-corrected chi connectivity index (χ4v) is 3.81. The molecule has 0 spiro atoms. The van der Waals surface area contributed by atoms with Crippen LogP contribution in [-0.4, -0.2) is 35.9 Å². The second kappa shape index (κ2) is 12.2. The third-order valence-electron chi connectivity index (χ3n) is 5.31. The molecule has 3 rings (SSSR count). The van der Waals surface area contributed by atoms with Gasteiger partial charge in [0.1, 0.15) is 11.8 Å². The standard InChI is InChI=1S/C27H29BrN2O3/c1-3-29-27(32)25(17-21-10-6-4-7-11-21)30(18-22-12-8-5-9-13-22)26(31)19-33-23-14-15-24(28)20(2)16-23/h4-16,25H,3,17-19H2,1-2H3,(H,29,32). The zero-order chi connectivity index (χ0) is 23.6. The molecule has 0 aliphatic heterocycles. The predicted molar refractivity (Wildman–Crippen MR) is 134 cm³/mol. The number of likely N-dealkylation sites (N-methyl/N-ethyl adjacent to an activating group) is 1. The van der Waals surface area contributed by atoms with E-state index in [0.717, 1.165) is 21.2 Å². The van der Waals surface area contributed by atoms with Gasteiger partial charge in [0.05, 0.1) is 0 Å². The molecule has 0 aromatic heterocycles. The van der Waals surface area contributed by atoms with Crippen molar-refractivity contribution in [2.24, 2.45) is 0 Å². The lowest BCUT2D eigenvalue weighted by Crippen LogP contribution is -2.51. The molecule has 0 radical (unpaired) electrons. The summed E-state index contributed by atoms with van der Waals surface area (Å²) in [5, 5.41) is 2.90. The first-order chi connectivity index (χ1) is 16.0. The second-order valence-electron chi connectivity index (χ2n) is 7.81. The Labute approximate surface area is 203 Å². The third-order valence-corrected chi connectivity index (χ3v) is 6.20. The van der Waals surface area contributed by atoms with Crippen LogP contribution in [0.2, 0.25) is 0 Å². The average molecular weight is 509 g/mol. The summed E-state index contributed by atoms with van der Waals surface area (Å²) < 4.78 is 6.80. The van der Waals surface area contributed by atoms with Gasteiger partial charge in [0, 0.05) is 24.0 Å². The minimum Gasteiger partial charge on any atom is -0.484 e. The van der Waals surface area contributed by atoms with Crippen molar-refractivity contribution in [3.8, 4) is 5.75 Å². The summed E-state index contributed by atoms with van der Waals surface area (Å²) in [5.74, 6) is 0.193. The van der Waals surface area contributed by atoms with E-state index in [1.54, 1.807) is 4.90 Å². The fraction of sp³-hybridized carbons (Fsp3) is 0.259. The van der Waals surface area contributed by atoms with Gasteiger partial charge in [-0.05, 0) is 48.7 Å². The van der Waals surface area contributed by atoms with Gasteiger partial charge in [-0.1, -0.05) is 76.6 Å². The molecule has 0 saturated carbocycles. The number of hydrogen-bond acceptors (Lipinski definition) is 3. The number of amides is 2. The van der Waals surface area contributed by atoms with Gasteiger partial charge < -0.3 is 15.0 Å².